The van der Waals surface area contributed by atoms with Crippen LogP contribution in [0.15, 0.2) is 10.6 Å². The molecular formula is C15H25N3O3. The first-order chi connectivity index (χ1) is 10.1. The lowest BCUT2D eigenvalue weighted by molar-refractivity contribution is -0.101. The molecular weight excluding hydrogens is 270 g/mol. The Bertz CT molecular complexity index is 474. The second kappa shape index (κ2) is 5.94. The fourth-order valence-corrected chi connectivity index (χ4v) is 2.98. The molecule has 3 rings (SSSR count). The summed E-state index contributed by atoms with van der Waals surface area (Å²) in [7, 11) is 2.03. The maximum atomic E-state index is 9.84. The highest BCUT2D eigenvalue weighted by Crippen LogP contribution is 2.37. The Morgan fingerprint density at radius 2 is 2.33 bits per heavy atom. The summed E-state index contributed by atoms with van der Waals surface area (Å²) in [6.45, 7) is 3.89. The van der Waals surface area contributed by atoms with Crippen molar-refractivity contribution in [1.29, 1.82) is 0 Å². The zero-order valence-corrected chi connectivity index (χ0v) is 12.8. The van der Waals surface area contributed by atoms with E-state index in [1.54, 1.807) is 0 Å². The van der Waals surface area contributed by atoms with E-state index in [2.05, 4.69) is 22.1 Å². The molecule has 1 saturated heterocycles. The average molecular weight is 295 g/mol. The molecule has 0 amide bonds. The van der Waals surface area contributed by atoms with Crippen LogP contribution >= 0.6 is 0 Å². The van der Waals surface area contributed by atoms with Crippen molar-refractivity contribution in [3.63, 3.8) is 0 Å². The molecule has 0 unspecified atom stereocenters. The topological polar surface area (TPSA) is 70.8 Å². The van der Waals surface area contributed by atoms with Crippen molar-refractivity contribution in [2.45, 2.75) is 43.7 Å². The Balaban J connectivity index is 1.63. The lowest BCUT2D eigenvalue weighted by Gasteiger charge is -2.47. The molecule has 21 heavy (non-hydrogen) atoms. The number of aliphatic hydroxyl groups is 1. The summed E-state index contributed by atoms with van der Waals surface area (Å²) in [5, 5.41) is 13.1. The molecule has 1 saturated carbocycles. The van der Waals surface area contributed by atoms with Gasteiger partial charge in [0.1, 0.15) is 5.76 Å². The van der Waals surface area contributed by atoms with E-state index in [1.807, 2.05) is 13.2 Å². The third-order valence-corrected chi connectivity index (χ3v) is 5.03. The number of hydrogen-bond donors (Lipinski definition) is 2. The van der Waals surface area contributed by atoms with Gasteiger partial charge in [-0.15, -0.1) is 0 Å². The second-order valence-corrected chi connectivity index (χ2v) is 6.41. The van der Waals surface area contributed by atoms with Gasteiger partial charge in [0.25, 0.3) is 6.01 Å². The minimum atomic E-state index is -0.428. The summed E-state index contributed by atoms with van der Waals surface area (Å²) in [5.74, 6) is 1.52. The zero-order chi connectivity index (χ0) is 14.9. The van der Waals surface area contributed by atoms with Gasteiger partial charge in [0, 0.05) is 18.5 Å². The Morgan fingerprint density at radius 1 is 1.52 bits per heavy atom. The van der Waals surface area contributed by atoms with Crippen LogP contribution in [0, 0.1) is 0 Å². The van der Waals surface area contributed by atoms with Crippen molar-refractivity contribution in [1.82, 2.24) is 9.88 Å². The monoisotopic (exact) mass is 295 g/mol. The molecule has 6 nitrogen and oxygen atoms in total. The van der Waals surface area contributed by atoms with Crippen LogP contribution < -0.4 is 5.32 Å². The average Bonchev–Trinajstić information content (AvgIpc) is 2.87. The van der Waals surface area contributed by atoms with Crippen molar-refractivity contribution in [3.05, 3.63) is 12.0 Å². The maximum Gasteiger partial charge on any atom is 0.294 e. The van der Waals surface area contributed by atoms with Gasteiger partial charge < -0.3 is 19.6 Å². The minimum Gasteiger partial charge on any atom is -0.428 e. The van der Waals surface area contributed by atoms with Crippen LogP contribution in [-0.4, -0.2) is 60.0 Å². The van der Waals surface area contributed by atoms with Gasteiger partial charge in [-0.25, -0.2) is 4.98 Å². The van der Waals surface area contributed by atoms with Crippen LogP contribution in [0.4, 0.5) is 6.01 Å². The number of ether oxygens (including phenoxy) is 1. The highest BCUT2D eigenvalue weighted by atomic mass is 16.5. The molecule has 0 radical (unpaired) electrons. The van der Waals surface area contributed by atoms with Crippen LogP contribution in [0.25, 0.3) is 0 Å². The number of likely N-dealkylation sites (N-methyl/N-ethyl adjacent to an activating group) is 1. The van der Waals surface area contributed by atoms with E-state index in [0.29, 0.717) is 31.7 Å². The molecule has 118 valence electrons. The van der Waals surface area contributed by atoms with Gasteiger partial charge in [-0.2, -0.15) is 0 Å². The lowest BCUT2D eigenvalue weighted by atomic mass is 9.84. The number of nitrogens with one attached hydrogen (secondary N) is 1. The fraction of sp³-hybridized carbons (Fsp3) is 0.800. The number of aliphatic hydroxyl groups excluding tert-OH is 1. The highest BCUT2D eigenvalue weighted by molar-refractivity contribution is 5.24. The van der Waals surface area contributed by atoms with Gasteiger partial charge >= 0.3 is 0 Å². The van der Waals surface area contributed by atoms with E-state index in [9.17, 15) is 5.11 Å². The van der Waals surface area contributed by atoms with Crippen molar-refractivity contribution >= 4 is 6.01 Å². The first-order valence-electron chi connectivity index (χ1n) is 7.76. The fourth-order valence-electron chi connectivity index (χ4n) is 2.98. The van der Waals surface area contributed by atoms with Crippen LogP contribution in [0.5, 0.6) is 0 Å². The van der Waals surface area contributed by atoms with Crippen molar-refractivity contribution in [3.8, 4) is 0 Å². The SMILES string of the molecule is C[C@@H]1COC[C@@](CO)(CNc2ncc(C3CCC3)o2)N1C. The maximum absolute atomic E-state index is 9.84. The van der Waals surface area contributed by atoms with Crippen LogP contribution in [0.1, 0.15) is 37.9 Å². The normalized spacial score (nSPS) is 31.1. The molecule has 1 aromatic heterocycles. The predicted octanol–water partition coefficient (Wildman–Crippen LogP) is 1.44. The van der Waals surface area contributed by atoms with Gasteiger partial charge in [0.05, 0.1) is 31.6 Å². The molecule has 1 aliphatic heterocycles. The Labute approximate surface area is 125 Å². The summed E-state index contributed by atoms with van der Waals surface area (Å²) in [6.07, 6.45) is 5.50. The van der Waals surface area contributed by atoms with Crippen molar-refractivity contribution < 1.29 is 14.3 Å². The third kappa shape index (κ3) is 2.80. The number of aromatic nitrogens is 1. The highest BCUT2D eigenvalue weighted by Gasteiger charge is 2.40. The molecule has 2 fully saturated rings. The van der Waals surface area contributed by atoms with Crippen LogP contribution in [-0.2, 0) is 4.74 Å². The van der Waals surface area contributed by atoms with Crippen LogP contribution in [0.2, 0.25) is 0 Å². The minimum absolute atomic E-state index is 0.0387. The van der Waals surface area contributed by atoms with E-state index in [1.165, 1.54) is 19.3 Å². The summed E-state index contributed by atoms with van der Waals surface area (Å²) >= 11 is 0. The largest absolute Gasteiger partial charge is 0.428 e. The summed E-state index contributed by atoms with van der Waals surface area (Å²) in [4.78, 5) is 6.47. The Morgan fingerprint density at radius 3 is 3.00 bits per heavy atom. The first kappa shape index (κ1) is 14.8. The first-order valence-corrected chi connectivity index (χ1v) is 7.76. The standard InChI is InChI=1S/C15H25N3O3/c1-11-7-20-10-15(9-19,18(11)2)8-17-14-16-6-13(21-14)12-4-3-5-12/h6,11-12,19H,3-5,7-10H2,1-2H3,(H,16,17)/t11-,15+/m1/s1. The summed E-state index contributed by atoms with van der Waals surface area (Å²) in [5.41, 5.74) is -0.428. The molecule has 2 aliphatic rings. The number of anilines is 1. The number of hydrogen-bond acceptors (Lipinski definition) is 6. The molecule has 2 N–H and O–H groups in total. The van der Waals surface area contributed by atoms with Crippen molar-refractivity contribution in [2.24, 2.45) is 0 Å². The van der Waals surface area contributed by atoms with E-state index in [-0.39, 0.29) is 12.6 Å². The molecule has 0 bridgehead atoms. The number of morpholine rings is 1. The Kier molecular flexibility index (Phi) is 4.19. The third-order valence-electron chi connectivity index (χ3n) is 5.03. The zero-order valence-electron chi connectivity index (χ0n) is 12.8. The molecule has 0 spiro atoms. The van der Waals surface area contributed by atoms with Crippen molar-refractivity contribution in [2.75, 3.05) is 38.7 Å². The number of nitrogens with zero attached hydrogens (tertiary/aromatic N) is 2. The molecule has 1 aliphatic carbocycles. The van der Waals surface area contributed by atoms with Gasteiger partial charge in [-0.3, -0.25) is 4.90 Å². The predicted molar refractivity (Wildman–Crippen MR) is 79.4 cm³/mol. The van der Waals surface area contributed by atoms with E-state index in [0.717, 1.165) is 5.76 Å². The van der Waals surface area contributed by atoms with Gasteiger partial charge in [0.15, 0.2) is 0 Å². The van der Waals surface area contributed by atoms with E-state index < -0.39 is 5.54 Å². The van der Waals surface area contributed by atoms with E-state index >= 15 is 0 Å². The summed E-state index contributed by atoms with van der Waals surface area (Å²) < 4.78 is 11.4. The number of rotatable bonds is 5. The van der Waals surface area contributed by atoms with Crippen LogP contribution in [0.3, 0.4) is 0 Å². The van der Waals surface area contributed by atoms with Gasteiger partial charge in [-0.1, -0.05) is 6.42 Å². The van der Waals surface area contributed by atoms with E-state index in [4.69, 9.17) is 9.15 Å². The molecule has 6 heteroatoms. The lowest BCUT2D eigenvalue weighted by Crippen LogP contribution is -2.64. The number of oxazole rings is 1. The quantitative estimate of drug-likeness (QED) is 0.856. The molecule has 0 aromatic carbocycles. The van der Waals surface area contributed by atoms with Gasteiger partial charge in [0.2, 0.25) is 0 Å². The molecule has 2 heterocycles. The smallest absolute Gasteiger partial charge is 0.294 e. The Hall–Kier alpha value is -1.11. The molecule has 2 atom stereocenters. The second-order valence-electron chi connectivity index (χ2n) is 6.41. The molecule has 1 aromatic rings. The summed E-state index contributed by atoms with van der Waals surface area (Å²) in [6, 6.07) is 0.819. The van der Waals surface area contributed by atoms with Gasteiger partial charge in [-0.05, 0) is 26.8 Å².